The average Bonchev–Trinajstić information content (AvgIpc) is 3.40. The van der Waals surface area contributed by atoms with Gasteiger partial charge >= 0.3 is 0 Å². The minimum atomic E-state index is 0. The van der Waals surface area contributed by atoms with Crippen molar-refractivity contribution in [2.24, 2.45) is 10.9 Å². The second-order valence-electron chi connectivity index (χ2n) is 8.37. The first-order valence-corrected chi connectivity index (χ1v) is 12.4. The molecule has 2 saturated heterocycles. The first-order chi connectivity index (χ1) is 13.8. The van der Waals surface area contributed by atoms with Crippen LogP contribution in [0.5, 0.6) is 0 Å². The highest BCUT2D eigenvalue weighted by molar-refractivity contribution is 14.0. The molecule has 1 atom stereocenters. The fourth-order valence-corrected chi connectivity index (χ4v) is 5.75. The van der Waals surface area contributed by atoms with Crippen LogP contribution in [0.25, 0.3) is 0 Å². The number of hydrogen-bond acceptors (Lipinski definition) is 5. The molecule has 3 fully saturated rings. The van der Waals surface area contributed by atoms with Gasteiger partial charge in [-0.25, -0.2) is 0 Å². The van der Waals surface area contributed by atoms with E-state index < -0.39 is 0 Å². The summed E-state index contributed by atoms with van der Waals surface area (Å²) in [6, 6.07) is 0. The zero-order chi connectivity index (χ0) is 19.7. The van der Waals surface area contributed by atoms with E-state index in [1.54, 1.807) is 7.11 Å². The Labute approximate surface area is 198 Å². The lowest BCUT2D eigenvalue weighted by molar-refractivity contribution is 0.0536. The Morgan fingerprint density at radius 3 is 2.62 bits per heavy atom. The number of rotatable bonds is 9. The van der Waals surface area contributed by atoms with Crippen molar-refractivity contribution in [3.05, 3.63) is 0 Å². The number of nitrogens with zero attached hydrogens (tertiary/aromatic N) is 3. The van der Waals surface area contributed by atoms with E-state index in [-0.39, 0.29) is 24.0 Å². The zero-order valence-electron chi connectivity index (χ0n) is 18.4. The first-order valence-electron chi connectivity index (χ1n) is 11.2. The minimum absolute atomic E-state index is 0. The van der Waals surface area contributed by atoms with Crippen LogP contribution in [0.2, 0.25) is 0 Å². The molecule has 2 aliphatic heterocycles. The standard InChI is InChI=1S/C21H40N4O2S.HI/c1-3-22-20(24-9-6-19(16-24)17-27-13-12-26-2)23-18-21(7-4-5-8-21)25-10-14-28-15-11-25;/h19H,3-18H2,1-2H3,(H,22,23);1H. The third kappa shape index (κ3) is 7.40. The lowest BCUT2D eigenvalue weighted by Crippen LogP contribution is -2.53. The third-order valence-electron chi connectivity index (χ3n) is 6.44. The quantitative estimate of drug-likeness (QED) is 0.210. The van der Waals surface area contributed by atoms with Crippen LogP contribution in [0.15, 0.2) is 4.99 Å². The Kier molecular flexibility index (Phi) is 12.0. The van der Waals surface area contributed by atoms with E-state index in [0.29, 0.717) is 24.7 Å². The highest BCUT2D eigenvalue weighted by atomic mass is 127. The summed E-state index contributed by atoms with van der Waals surface area (Å²) in [7, 11) is 1.72. The Bertz CT molecular complexity index is 485. The van der Waals surface area contributed by atoms with Gasteiger partial charge in [-0.05, 0) is 26.2 Å². The molecule has 1 N–H and O–H groups in total. The van der Waals surface area contributed by atoms with Gasteiger partial charge in [0.1, 0.15) is 0 Å². The summed E-state index contributed by atoms with van der Waals surface area (Å²) in [5.41, 5.74) is 0.310. The molecule has 0 aromatic carbocycles. The summed E-state index contributed by atoms with van der Waals surface area (Å²) in [5, 5.41) is 3.56. The predicted octanol–water partition coefficient (Wildman–Crippen LogP) is 2.92. The number of halogens is 1. The summed E-state index contributed by atoms with van der Waals surface area (Å²) in [4.78, 5) is 10.4. The highest BCUT2D eigenvalue weighted by Crippen LogP contribution is 2.37. The fraction of sp³-hybridized carbons (Fsp3) is 0.952. The van der Waals surface area contributed by atoms with E-state index in [0.717, 1.165) is 38.7 Å². The van der Waals surface area contributed by atoms with E-state index >= 15 is 0 Å². The molecule has 6 nitrogen and oxygen atoms in total. The SMILES string of the molecule is CCNC(=NCC1(N2CCSCC2)CCCC1)N1CCC(COCCOC)C1.I. The number of likely N-dealkylation sites (tertiary alicyclic amines) is 1. The molecule has 0 aromatic heterocycles. The number of nitrogens with one attached hydrogen (secondary N) is 1. The van der Waals surface area contributed by atoms with E-state index in [1.165, 1.54) is 56.7 Å². The Morgan fingerprint density at radius 1 is 1.17 bits per heavy atom. The van der Waals surface area contributed by atoms with Gasteiger partial charge < -0.3 is 19.7 Å². The molecular weight excluding hydrogens is 499 g/mol. The second kappa shape index (κ2) is 13.6. The molecule has 0 spiro atoms. The Balaban J connectivity index is 0.00000300. The number of hydrogen-bond donors (Lipinski definition) is 1. The summed E-state index contributed by atoms with van der Waals surface area (Å²) in [6.07, 6.45) is 6.54. The first kappa shape index (κ1) is 25.5. The normalized spacial score (nSPS) is 25.2. The molecule has 0 radical (unpaired) electrons. The van der Waals surface area contributed by atoms with Crippen LogP contribution in [0.1, 0.15) is 39.0 Å². The lowest BCUT2D eigenvalue weighted by Gasteiger charge is -2.42. The zero-order valence-corrected chi connectivity index (χ0v) is 21.5. The molecule has 1 unspecified atom stereocenters. The van der Waals surface area contributed by atoms with E-state index in [9.17, 15) is 0 Å². The fourth-order valence-electron chi connectivity index (χ4n) is 4.85. The third-order valence-corrected chi connectivity index (χ3v) is 7.39. The van der Waals surface area contributed by atoms with Gasteiger partial charge in [0, 0.05) is 62.8 Å². The summed E-state index contributed by atoms with van der Waals surface area (Å²) in [6.45, 7) is 10.9. The van der Waals surface area contributed by atoms with Crippen LogP contribution in [-0.2, 0) is 9.47 Å². The number of aliphatic imine (C=N–C) groups is 1. The van der Waals surface area contributed by atoms with Crippen molar-refractivity contribution in [1.82, 2.24) is 15.1 Å². The van der Waals surface area contributed by atoms with Crippen molar-refractivity contribution in [3.8, 4) is 0 Å². The number of thioether (sulfide) groups is 1. The molecule has 29 heavy (non-hydrogen) atoms. The van der Waals surface area contributed by atoms with Gasteiger partial charge in [0.15, 0.2) is 5.96 Å². The summed E-state index contributed by atoms with van der Waals surface area (Å²) >= 11 is 2.10. The summed E-state index contributed by atoms with van der Waals surface area (Å²) in [5.74, 6) is 4.27. The largest absolute Gasteiger partial charge is 0.382 e. The van der Waals surface area contributed by atoms with Gasteiger partial charge in [-0.3, -0.25) is 9.89 Å². The van der Waals surface area contributed by atoms with Gasteiger partial charge in [-0.2, -0.15) is 11.8 Å². The summed E-state index contributed by atoms with van der Waals surface area (Å²) < 4.78 is 10.8. The van der Waals surface area contributed by atoms with Crippen LogP contribution in [0.3, 0.4) is 0 Å². The number of guanidine groups is 1. The van der Waals surface area contributed by atoms with Crippen molar-refractivity contribution >= 4 is 41.7 Å². The average molecular weight is 541 g/mol. The van der Waals surface area contributed by atoms with Crippen LogP contribution in [-0.4, -0.2) is 99.0 Å². The number of methoxy groups -OCH3 is 1. The van der Waals surface area contributed by atoms with Gasteiger partial charge in [0.25, 0.3) is 0 Å². The molecule has 1 saturated carbocycles. The monoisotopic (exact) mass is 540 g/mol. The molecule has 0 aromatic rings. The van der Waals surface area contributed by atoms with E-state index in [1.807, 2.05) is 0 Å². The van der Waals surface area contributed by atoms with E-state index in [4.69, 9.17) is 14.5 Å². The smallest absolute Gasteiger partial charge is 0.193 e. The van der Waals surface area contributed by atoms with Gasteiger partial charge in [-0.1, -0.05) is 12.8 Å². The molecule has 1 aliphatic carbocycles. The minimum Gasteiger partial charge on any atom is -0.382 e. The molecule has 8 heteroatoms. The van der Waals surface area contributed by atoms with Crippen molar-refractivity contribution in [3.63, 3.8) is 0 Å². The number of ether oxygens (including phenoxy) is 2. The van der Waals surface area contributed by atoms with Gasteiger partial charge in [-0.15, -0.1) is 24.0 Å². The molecule has 0 amide bonds. The van der Waals surface area contributed by atoms with Crippen molar-refractivity contribution in [1.29, 1.82) is 0 Å². The molecular formula is C21H41IN4O2S. The molecule has 3 aliphatic rings. The molecule has 2 heterocycles. The second-order valence-corrected chi connectivity index (χ2v) is 9.59. The lowest BCUT2D eigenvalue weighted by atomic mass is 9.95. The van der Waals surface area contributed by atoms with Crippen LogP contribution >= 0.6 is 35.7 Å². The van der Waals surface area contributed by atoms with Crippen molar-refractivity contribution in [2.75, 3.05) is 77.7 Å². The van der Waals surface area contributed by atoms with Gasteiger partial charge in [0.05, 0.1) is 26.4 Å². The maximum atomic E-state index is 5.76. The van der Waals surface area contributed by atoms with Crippen LogP contribution < -0.4 is 5.32 Å². The highest BCUT2D eigenvalue weighted by Gasteiger charge is 2.40. The molecule has 3 rings (SSSR count). The molecule has 170 valence electrons. The Hall–Kier alpha value is 0.230. The van der Waals surface area contributed by atoms with Gasteiger partial charge in [0.2, 0.25) is 0 Å². The van der Waals surface area contributed by atoms with E-state index in [2.05, 4.69) is 33.8 Å². The Morgan fingerprint density at radius 2 is 1.93 bits per heavy atom. The maximum absolute atomic E-state index is 5.76. The maximum Gasteiger partial charge on any atom is 0.193 e. The topological polar surface area (TPSA) is 49.3 Å². The van der Waals surface area contributed by atoms with Crippen molar-refractivity contribution < 1.29 is 9.47 Å². The van der Waals surface area contributed by atoms with Crippen molar-refractivity contribution in [2.45, 2.75) is 44.6 Å². The van der Waals surface area contributed by atoms with Crippen LogP contribution in [0.4, 0.5) is 0 Å². The molecule has 0 bridgehead atoms. The van der Waals surface area contributed by atoms with Crippen LogP contribution in [0, 0.1) is 5.92 Å². The predicted molar refractivity (Wildman–Crippen MR) is 134 cm³/mol.